The lowest BCUT2D eigenvalue weighted by atomic mass is 10.2. The van der Waals surface area contributed by atoms with E-state index in [-0.39, 0.29) is 6.61 Å². The Balaban J connectivity index is 2.08. The zero-order chi connectivity index (χ0) is 16.7. The fourth-order valence-electron chi connectivity index (χ4n) is 2.08. The molecule has 2 aromatic carbocycles. The topological polar surface area (TPSA) is 30.5 Å². The van der Waals surface area contributed by atoms with Crippen molar-refractivity contribution in [1.29, 1.82) is 0 Å². The Morgan fingerprint density at radius 3 is 2.65 bits per heavy atom. The third-order valence-electron chi connectivity index (χ3n) is 3.29. The summed E-state index contributed by atoms with van der Waals surface area (Å²) in [7, 11) is 0. The zero-order valence-corrected chi connectivity index (χ0v) is 14.1. The fourth-order valence-corrected chi connectivity index (χ4v) is 2.26. The van der Waals surface area contributed by atoms with Crippen molar-refractivity contribution in [3.05, 3.63) is 52.5 Å². The average molecular weight is 330 g/mol. The highest BCUT2D eigenvalue weighted by atomic mass is 35.5. The number of benzene rings is 2. The second-order valence-corrected chi connectivity index (χ2v) is 5.43. The molecule has 3 nitrogen and oxygen atoms in total. The summed E-state index contributed by atoms with van der Waals surface area (Å²) in [6.45, 7) is 5.37. The van der Waals surface area contributed by atoms with E-state index in [1.807, 2.05) is 50.2 Å². The Morgan fingerprint density at radius 1 is 1.13 bits per heavy atom. The monoisotopic (exact) mass is 329 g/mol. The van der Waals surface area contributed by atoms with Gasteiger partial charge in [0, 0.05) is 17.3 Å². The van der Waals surface area contributed by atoms with Gasteiger partial charge in [0.2, 0.25) is 0 Å². The highest BCUT2D eigenvalue weighted by Gasteiger charge is 2.06. The smallest absolute Gasteiger partial charge is 0.162 e. The van der Waals surface area contributed by atoms with Crippen LogP contribution in [0.25, 0.3) is 0 Å². The number of terminal acetylenes is 1. The molecule has 0 amide bonds. The number of ether oxygens (including phenoxy) is 2. The summed E-state index contributed by atoms with van der Waals surface area (Å²) in [4.78, 5) is 0. The van der Waals surface area contributed by atoms with E-state index >= 15 is 0 Å². The second-order valence-electron chi connectivity index (χ2n) is 5.02. The van der Waals surface area contributed by atoms with E-state index in [9.17, 15) is 0 Å². The van der Waals surface area contributed by atoms with E-state index in [2.05, 4.69) is 11.2 Å². The van der Waals surface area contributed by atoms with Crippen LogP contribution < -0.4 is 14.8 Å². The molecule has 0 aromatic heterocycles. The number of hydrogen-bond donors (Lipinski definition) is 1. The summed E-state index contributed by atoms with van der Waals surface area (Å²) < 4.78 is 11.1. The summed E-state index contributed by atoms with van der Waals surface area (Å²) in [6, 6.07) is 11.7. The molecule has 0 aliphatic carbocycles. The van der Waals surface area contributed by atoms with E-state index in [1.54, 1.807) is 0 Å². The van der Waals surface area contributed by atoms with Crippen LogP contribution in [0, 0.1) is 19.3 Å². The van der Waals surface area contributed by atoms with Gasteiger partial charge >= 0.3 is 0 Å². The first-order chi connectivity index (χ1) is 11.1. The number of anilines is 1. The third kappa shape index (κ3) is 4.84. The molecule has 0 radical (unpaired) electrons. The molecular weight excluding hydrogens is 310 g/mol. The van der Waals surface area contributed by atoms with E-state index < -0.39 is 0 Å². The lowest BCUT2D eigenvalue weighted by Crippen LogP contribution is -2.03. The van der Waals surface area contributed by atoms with Crippen molar-refractivity contribution in [1.82, 2.24) is 0 Å². The van der Waals surface area contributed by atoms with Crippen molar-refractivity contribution in [2.24, 2.45) is 0 Å². The molecule has 2 aromatic rings. The van der Waals surface area contributed by atoms with E-state index in [1.165, 1.54) is 0 Å². The van der Waals surface area contributed by atoms with Crippen molar-refractivity contribution in [2.75, 3.05) is 18.5 Å². The van der Waals surface area contributed by atoms with Gasteiger partial charge in [0.05, 0.1) is 6.61 Å². The lowest BCUT2D eigenvalue weighted by Gasteiger charge is -2.13. The van der Waals surface area contributed by atoms with Gasteiger partial charge < -0.3 is 14.8 Å². The van der Waals surface area contributed by atoms with Crippen LogP contribution in [0.1, 0.15) is 18.1 Å². The molecular formula is C19H20ClNO2. The number of rotatable bonds is 7. The molecule has 0 spiro atoms. The third-order valence-corrected chi connectivity index (χ3v) is 3.69. The molecule has 0 fully saturated rings. The quantitative estimate of drug-likeness (QED) is 0.749. The molecule has 2 rings (SSSR count). The molecule has 0 aliphatic heterocycles. The fraction of sp³-hybridized carbons (Fsp3) is 0.263. The van der Waals surface area contributed by atoms with Crippen LogP contribution in [0.3, 0.4) is 0 Å². The van der Waals surface area contributed by atoms with Crippen LogP contribution in [0.15, 0.2) is 36.4 Å². The highest BCUT2D eigenvalue weighted by Crippen LogP contribution is 2.29. The van der Waals surface area contributed by atoms with Gasteiger partial charge in [-0.15, -0.1) is 6.42 Å². The number of hydrogen-bond acceptors (Lipinski definition) is 3. The van der Waals surface area contributed by atoms with Crippen LogP contribution in [0.2, 0.25) is 5.02 Å². The molecule has 23 heavy (non-hydrogen) atoms. The molecule has 0 atom stereocenters. The van der Waals surface area contributed by atoms with Gasteiger partial charge in [0.15, 0.2) is 11.5 Å². The summed E-state index contributed by atoms with van der Waals surface area (Å²) >= 11 is 6.14. The van der Waals surface area contributed by atoms with Crippen LogP contribution >= 0.6 is 11.6 Å². The van der Waals surface area contributed by atoms with Gasteiger partial charge in [-0.1, -0.05) is 29.7 Å². The maximum Gasteiger partial charge on any atom is 0.162 e. The van der Waals surface area contributed by atoms with Gasteiger partial charge in [-0.25, -0.2) is 0 Å². The minimum absolute atomic E-state index is 0.222. The normalized spacial score (nSPS) is 10.0. The first-order valence-electron chi connectivity index (χ1n) is 7.46. The Kier molecular flexibility index (Phi) is 6.19. The van der Waals surface area contributed by atoms with Gasteiger partial charge in [-0.3, -0.25) is 0 Å². The Morgan fingerprint density at radius 2 is 1.96 bits per heavy atom. The number of halogens is 1. The molecule has 4 heteroatoms. The Hall–Kier alpha value is -2.31. The minimum atomic E-state index is 0.222. The van der Waals surface area contributed by atoms with Crippen molar-refractivity contribution < 1.29 is 9.47 Å². The van der Waals surface area contributed by atoms with Gasteiger partial charge in [0.1, 0.15) is 6.61 Å². The lowest BCUT2D eigenvalue weighted by molar-refractivity contribution is 0.299. The van der Waals surface area contributed by atoms with Crippen molar-refractivity contribution in [3.8, 4) is 23.8 Å². The molecule has 1 N–H and O–H groups in total. The summed E-state index contributed by atoms with van der Waals surface area (Å²) in [5.74, 6) is 3.81. The first kappa shape index (κ1) is 17.1. The molecule has 0 bridgehead atoms. The first-order valence-corrected chi connectivity index (χ1v) is 7.84. The number of nitrogens with one attached hydrogen (secondary N) is 1. The van der Waals surface area contributed by atoms with Crippen molar-refractivity contribution in [2.45, 2.75) is 20.4 Å². The minimum Gasteiger partial charge on any atom is -0.490 e. The molecule has 0 unspecified atom stereocenters. The van der Waals surface area contributed by atoms with E-state index in [4.69, 9.17) is 27.5 Å². The Bertz CT molecular complexity index is 707. The SMILES string of the molecule is C#CCOc1ccc(CNc2ccc(C)c(Cl)c2)cc1OCC. The molecule has 0 heterocycles. The standard InChI is InChI=1S/C19H20ClNO2/c1-4-10-23-18-9-7-15(11-19(18)22-5-2)13-21-16-8-6-14(3)17(20)12-16/h1,6-9,11-12,21H,5,10,13H2,2-3H3. The zero-order valence-electron chi connectivity index (χ0n) is 13.4. The van der Waals surface area contributed by atoms with Crippen LogP contribution in [-0.4, -0.2) is 13.2 Å². The Labute approximate surface area is 142 Å². The van der Waals surface area contributed by atoms with Crippen LogP contribution in [0.4, 0.5) is 5.69 Å². The second kappa shape index (κ2) is 8.36. The highest BCUT2D eigenvalue weighted by molar-refractivity contribution is 6.31. The van der Waals surface area contributed by atoms with Gasteiger partial charge in [0.25, 0.3) is 0 Å². The van der Waals surface area contributed by atoms with E-state index in [0.29, 0.717) is 24.7 Å². The van der Waals surface area contributed by atoms with Gasteiger partial charge in [-0.2, -0.15) is 0 Å². The predicted octanol–water partition coefficient (Wildman–Crippen LogP) is 4.67. The summed E-state index contributed by atoms with van der Waals surface area (Å²) in [5, 5.41) is 4.10. The predicted molar refractivity (Wildman–Crippen MR) is 95.5 cm³/mol. The average Bonchev–Trinajstić information content (AvgIpc) is 2.55. The molecule has 0 saturated heterocycles. The van der Waals surface area contributed by atoms with Crippen molar-refractivity contribution >= 4 is 17.3 Å². The van der Waals surface area contributed by atoms with Gasteiger partial charge in [-0.05, 0) is 49.2 Å². The largest absolute Gasteiger partial charge is 0.490 e. The van der Waals surface area contributed by atoms with Crippen molar-refractivity contribution in [3.63, 3.8) is 0 Å². The van der Waals surface area contributed by atoms with Crippen LogP contribution in [0.5, 0.6) is 11.5 Å². The maximum absolute atomic E-state index is 6.14. The summed E-state index contributed by atoms with van der Waals surface area (Å²) in [5.41, 5.74) is 3.12. The van der Waals surface area contributed by atoms with E-state index in [0.717, 1.165) is 21.8 Å². The molecule has 0 aliphatic rings. The molecule has 120 valence electrons. The maximum atomic E-state index is 6.14. The summed E-state index contributed by atoms with van der Waals surface area (Å²) in [6.07, 6.45) is 5.23. The molecule has 0 saturated carbocycles. The van der Waals surface area contributed by atoms with Crippen LogP contribution in [-0.2, 0) is 6.54 Å². The number of aryl methyl sites for hydroxylation is 1.